The number of fused-ring (bicyclic) bond motifs is 2. The summed E-state index contributed by atoms with van der Waals surface area (Å²) in [6, 6.07) is 14.1. The maximum absolute atomic E-state index is 12.1. The summed E-state index contributed by atoms with van der Waals surface area (Å²) in [5.41, 5.74) is 2.64. The number of benzene rings is 2. The van der Waals surface area contributed by atoms with Gasteiger partial charge in [-0.3, -0.25) is 9.69 Å². The van der Waals surface area contributed by atoms with Crippen molar-refractivity contribution in [2.75, 3.05) is 49.5 Å². The number of aromatic nitrogens is 1. The van der Waals surface area contributed by atoms with Gasteiger partial charge in [-0.05, 0) is 30.2 Å². The van der Waals surface area contributed by atoms with Crippen LogP contribution in [0, 0.1) is 0 Å². The van der Waals surface area contributed by atoms with Crippen molar-refractivity contribution < 1.29 is 14.1 Å². The number of anilines is 2. The average molecular weight is 435 g/mol. The molecule has 1 aromatic heterocycles. The van der Waals surface area contributed by atoms with Gasteiger partial charge < -0.3 is 19.5 Å². The zero-order chi connectivity index (χ0) is 22.1. The van der Waals surface area contributed by atoms with Crippen molar-refractivity contribution in [3.05, 3.63) is 48.0 Å². The van der Waals surface area contributed by atoms with Crippen LogP contribution in [0.25, 0.3) is 11.0 Å². The minimum atomic E-state index is -0.175. The Morgan fingerprint density at radius 1 is 1.09 bits per heavy atom. The normalized spacial score (nSPS) is 18.4. The lowest BCUT2D eigenvalue weighted by atomic mass is 9.78. The van der Waals surface area contributed by atoms with E-state index in [1.807, 2.05) is 30.3 Å². The van der Waals surface area contributed by atoms with Gasteiger partial charge in [-0.2, -0.15) is 0 Å². The number of amides is 1. The second-order valence-corrected chi connectivity index (χ2v) is 9.32. The fraction of sp³-hybridized carbons (Fsp3) is 0.440. The molecule has 0 aliphatic carbocycles. The molecule has 2 aliphatic rings. The van der Waals surface area contributed by atoms with Gasteiger partial charge in [0.25, 0.3) is 0 Å². The summed E-state index contributed by atoms with van der Waals surface area (Å²) in [5, 5.41) is 8.38. The number of hydrogen-bond acceptors (Lipinski definition) is 6. The first-order valence-electron chi connectivity index (χ1n) is 11.4. The van der Waals surface area contributed by atoms with Crippen LogP contribution in [-0.4, -0.2) is 55.3 Å². The first kappa shape index (κ1) is 20.8. The average Bonchev–Trinajstić information content (AvgIpc) is 3.21. The maximum Gasteiger partial charge on any atom is 0.225 e. The Morgan fingerprint density at radius 3 is 2.75 bits per heavy atom. The molecule has 7 heteroatoms. The first-order chi connectivity index (χ1) is 15.5. The van der Waals surface area contributed by atoms with E-state index in [0.29, 0.717) is 13.0 Å². The van der Waals surface area contributed by atoms with Crippen LogP contribution in [0.3, 0.4) is 0 Å². The van der Waals surface area contributed by atoms with Crippen LogP contribution >= 0.6 is 0 Å². The van der Waals surface area contributed by atoms with Crippen molar-refractivity contribution in [3.8, 4) is 5.75 Å². The van der Waals surface area contributed by atoms with Crippen molar-refractivity contribution in [2.45, 2.75) is 32.1 Å². The highest BCUT2D eigenvalue weighted by Gasteiger charge is 2.33. The Bertz CT molecular complexity index is 1120. The number of rotatable bonds is 6. The van der Waals surface area contributed by atoms with Gasteiger partial charge in [0.15, 0.2) is 11.4 Å². The van der Waals surface area contributed by atoms with Crippen LogP contribution in [0.2, 0.25) is 0 Å². The summed E-state index contributed by atoms with van der Waals surface area (Å²) in [4.78, 5) is 16.9. The van der Waals surface area contributed by atoms with Gasteiger partial charge in [-0.1, -0.05) is 43.3 Å². The van der Waals surface area contributed by atoms with E-state index in [-0.39, 0.29) is 11.3 Å². The van der Waals surface area contributed by atoms with Crippen LogP contribution in [0.15, 0.2) is 47.0 Å². The summed E-state index contributed by atoms with van der Waals surface area (Å²) < 4.78 is 11.6. The number of hydrogen-bond donors (Lipinski definition) is 1. The second-order valence-electron chi connectivity index (χ2n) is 9.32. The van der Waals surface area contributed by atoms with E-state index in [1.54, 1.807) is 0 Å². The van der Waals surface area contributed by atoms with Gasteiger partial charge in [-0.15, -0.1) is 0 Å². The van der Waals surface area contributed by atoms with E-state index in [4.69, 9.17) is 9.26 Å². The van der Waals surface area contributed by atoms with E-state index in [1.165, 1.54) is 0 Å². The van der Waals surface area contributed by atoms with E-state index in [0.717, 1.165) is 72.9 Å². The second kappa shape index (κ2) is 8.47. The minimum absolute atomic E-state index is 0.0521. The van der Waals surface area contributed by atoms with E-state index < -0.39 is 0 Å². The minimum Gasteiger partial charge on any atom is -0.491 e. The molecule has 168 valence electrons. The Labute approximate surface area is 188 Å². The molecule has 3 aromatic rings. The van der Waals surface area contributed by atoms with Crippen molar-refractivity contribution in [1.29, 1.82) is 0 Å². The van der Waals surface area contributed by atoms with Gasteiger partial charge in [-0.25, -0.2) is 0 Å². The highest BCUT2D eigenvalue weighted by molar-refractivity contribution is 5.97. The van der Waals surface area contributed by atoms with Gasteiger partial charge >= 0.3 is 0 Å². The molecule has 0 spiro atoms. The number of nitrogens with one attached hydrogen (secondary N) is 1. The third kappa shape index (κ3) is 4.05. The Morgan fingerprint density at radius 2 is 1.91 bits per heavy atom. The lowest BCUT2D eigenvalue weighted by Gasteiger charge is -2.35. The molecule has 0 unspecified atom stereocenters. The standard InChI is InChI=1S/C25H30N4O3/c1-25(2)17-22(30)26-23-19(25)8-5-10-21(23)31-16-6-11-28-12-14-29(15-13-28)24-18-7-3-4-9-20(18)32-27-24/h3-5,7-10H,6,11-17H2,1-2H3,(H,26,30). The van der Waals surface area contributed by atoms with E-state index in [2.05, 4.69) is 46.3 Å². The molecule has 5 rings (SSSR count). The van der Waals surface area contributed by atoms with Crippen molar-refractivity contribution >= 4 is 28.4 Å². The Kier molecular flexibility index (Phi) is 5.51. The molecule has 1 fully saturated rings. The fourth-order valence-electron chi connectivity index (χ4n) is 4.78. The predicted molar refractivity (Wildman–Crippen MR) is 125 cm³/mol. The molecule has 2 aromatic carbocycles. The molecule has 0 bridgehead atoms. The first-order valence-corrected chi connectivity index (χ1v) is 11.4. The van der Waals surface area contributed by atoms with Gasteiger partial charge in [0.05, 0.1) is 17.7 Å². The third-order valence-corrected chi connectivity index (χ3v) is 6.53. The fourth-order valence-corrected chi connectivity index (χ4v) is 4.78. The molecule has 7 nitrogen and oxygen atoms in total. The smallest absolute Gasteiger partial charge is 0.225 e. The largest absolute Gasteiger partial charge is 0.491 e. The summed E-state index contributed by atoms with van der Waals surface area (Å²) in [5.74, 6) is 1.77. The predicted octanol–water partition coefficient (Wildman–Crippen LogP) is 4.04. The van der Waals surface area contributed by atoms with Crippen LogP contribution in [0.5, 0.6) is 5.75 Å². The lowest BCUT2D eigenvalue weighted by Crippen LogP contribution is -2.47. The van der Waals surface area contributed by atoms with Crippen LogP contribution in [0.4, 0.5) is 11.5 Å². The highest BCUT2D eigenvalue weighted by Crippen LogP contribution is 2.42. The summed E-state index contributed by atoms with van der Waals surface area (Å²) in [6.07, 6.45) is 1.44. The molecule has 1 amide bonds. The van der Waals surface area contributed by atoms with Gasteiger partial charge in [0.1, 0.15) is 5.75 Å². The summed E-state index contributed by atoms with van der Waals surface area (Å²) in [6.45, 7) is 9.68. The molecular weight excluding hydrogens is 404 g/mol. The van der Waals surface area contributed by atoms with E-state index in [9.17, 15) is 4.79 Å². The SMILES string of the molecule is CC1(C)CC(=O)Nc2c(OCCCN3CCN(c4noc5ccccc45)CC3)cccc21. The Balaban J connectivity index is 1.12. The van der Waals surface area contributed by atoms with Gasteiger partial charge in [0.2, 0.25) is 5.91 Å². The summed E-state index contributed by atoms with van der Waals surface area (Å²) >= 11 is 0. The lowest BCUT2D eigenvalue weighted by molar-refractivity contribution is -0.117. The quantitative estimate of drug-likeness (QED) is 0.591. The number of para-hydroxylation sites is 2. The van der Waals surface area contributed by atoms with E-state index >= 15 is 0 Å². The molecule has 2 aliphatic heterocycles. The molecular formula is C25H30N4O3. The number of carbonyl (C=O) groups is 1. The highest BCUT2D eigenvalue weighted by atomic mass is 16.5. The van der Waals surface area contributed by atoms with Crippen LogP contribution < -0.4 is 15.0 Å². The molecule has 32 heavy (non-hydrogen) atoms. The zero-order valence-corrected chi connectivity index (χ0v) is 18.8. The molecule has 3 heterocycles. The van der Waals surface area contributed by atoms with Crippen molar-refractivity contribution in [3.63, 3.8) is 0 Å². The molecule has 0 saturated carbocycles. The van der Waals surface area contributed by atoms with Crippen LogP contribution in [0.1, 0.15) is 32.3 Å². The zero-order valence-electron chi connectivity index (χ0n) is 18.8. The Hall–Kier alpha value is -3.06. The summed E-state index contributed by atoms with van der Waals surface area (Å²) in [7, 11) is 0. The maximum atomic E-state index is 12.1. The number of nitrogens with zero attached hydrogens (tertiary/aromatic N) is 3. The topological polar surface area (TPSA) is 70.8 Å². The van der Waals surface area contributed by atoms with Crippen molar-refractivity contribution in [1.82, 2.24) is 10.1 Å². The van der Waals surface area contributed by atoms with Crippen molar-refractivity contribution in [2.24, 2.45) is 0 Å². The molecule has 1 saturated heterocycles. The molecule has 0 radical (unpaired) electrons. The monoisotopic (exact) mass is 434 g/mol. The third-order valence-electron chi connectivity index (χ3n) is 6.53. The molecule has 0 atom stereocenters. The van der Waals surface area contributed by atoms with Crippen LogP contribution in [-0.2, 0) is 10.2 Å². The number of ether oxygens (including phenoxy) is 1. The van der Waals surface area contributed by atoms with Gasteiger partial charge in [0, 0.05) is 44.6 Å². The number of piperazine rings is 1. The number of carbonyl (C=O) groups excluding carboxylic acids is 1. The molecule has 1 N–H and O–H groups in total.